The van der Waals surface area contributed by atoms with Crippen LogP contribution in [0.3, 0.4) is 0 Å². The van der Waals surface area contributed by atoms with Gasteiger partial charge in [-0.05, 0) is 67.5 Å². The first-order chi connectivity index (χ1) is 12.4. The summed E-state index contributed by atoms with van der Waals surface area (Å²) in [6.07, 6.45) is 1.73. The molecule has 0 saturated carbocycles. The lowest BCUT2D eigenvalue weighted by atomic mass is 9.98. The van der Waals surface area contributed by atoms with Gasteiger partial charge in [-0.1, -0.05) is 32.0 Å². The minimum Gasteiger partial charge on any atom is -0.492 e. The molecule has 1 aliphatic heterocycles. The van der Waals surface area contributed by atoms with Crippen LogP contribution in [0, 0.1) is 6.92 Å². The van der Waals surface area contributed by atoms with Gasteiger partial charge in [0.1, 0.15) is 10.6 Å². The Morgan fingerprint density at radius 3 is 2.62 bits per heavy atom. The van der Waals surface area contributed by atoms with Crippen LogP contribution in [0.25, 0.3) is 0 Å². The number of rotatable bonds is 5. The molecule has 0 radical (unpaired) electrons. The van der Waals surface area contributed by atoms with Crippen molar-refractivity contribution in [3.05, 3.63) is 53.1 Å². The van der Waals surface area contributed by atoms with Gasteiger partial charge in [0.2, 0.25) is 0 Å². The number of nitrogens with zero attached hydrogens (tertiary/aromatic N) is 1. The van der Waals surface area contributed by atoms with E-state index in [1.165, 1.54) is 0 Å². The fraction of sp³-hybridized carbons (Fsp3) is 0.429. The van der Waals surface area contributed by atoms with Gasteiger partial charge in [0.25, 0.3) is 10.0 Å². The normalized spacial score (nSPS) is 14.4. The number of hydrogen-bond acceptors (Lipinski definition) is 3. The molecule has 0 amide bonds. The third-order valence-electron chi connectivity index (χ3n) is 4.89. The molecule has 4 nitrogen and oxygen atoms in total. The third-order valence-corrected chi connectivity index (χ3v) is 6.72. The predicted molar refractivity (Wildman–Crippen MR) is 106 cm³/mol. The summed E-state index contributed by atoms with van der Waals surface area (Å²) in [5.74, 6) is 0.686. The average molecular weight is 374 g/mol. The van der Waals surface area contributed by atoms with E-state index in [2.05, 4.69) is 13.8 Å². The first-order valence-electron chi connectivity index (χ1n) is 9.24. The maximum Gasteiger partial charge on any atom is 0.268 e. The van der Waals surface area contributed by atoms with Crippen LogP contribution in [0.1, 0.15) is 49.8 Å². The zero-order chi connectivity index (χ0) is 18.9. The Balaban J connectivity index is 2.17. The van der Waals surface area contributed by atoms with Gasteiger partial charge >= 0.3 is 0 Å². The van der Waals surface area contributed by atoms with Gasteiger partial charge < -0.3 is 4.74 Å². The molecule has 0 bridgehead atoms. The number of sulfonamides is 1. The van der Waals surface area contributed by atoms with Crippen molar-refractivity contribution >= 4 is 15.7 Å². The molecule has 0 atom stereocenters. The number of anilines is 1. The standard InChI is InChI=1S/C21H27NO3S/c1-5-25-20-13-16(4)18(15(2)3)14-21(20)26(23,24)22-12-8-10-17-9-6-7-11-19(17)22/h6-7,9,11,13-15H,5,8,10,12H2,1-4H3. The number of benzene rings is 2. The van der Waals surface area contributed by atoms with E-state index >= 15 is 0 Å². The van der Waals surface area contributed by atoms with Crippen LogP contribution in [-0.4, -0.2) is 21.6 Å². The Bertz CT molecular complexity index is 903. The molecule has 0 aliphatic carbocycles. The van der Waals surface area contributed by atoms with E-state index in [1.54, 1.807) is 10.4 Å². The van der Waals surface area contributed by atoms with Crippen molar-refractivity contribution in [2.24, 2.45) is 0 Å². The Hall–Kier alpha value is -2.01. The summed E-state index contributed by atoms with van der Waals surface area (Å²) >= 11 is 0. The van der Waals surface area contributed by atoms with Crippen molar-refractivity contribution in [2.45, 2.75) is 51.3 Å². The fourth-order valence-corrected chi connectivity index (χ4v) is 5.33. The van der Waals surface area contributed by atoms with Gasteiger partial charge in [0.05, 0.1) is 12.3 Å². The summed E-state index contributed by atoms with van der Waals surface area (Å²) in [4.78, 5) is 0.269. The van der Waals surface area contributed by atoms with E-state index in [0.717, 1.165) is 35.2 Å². The minimum atomic E-state index is -3.69. The maximum absolute atomic E-state index is 13.6. The third kappa shape index (κ3) is 3.32. The number of hydrogen-bond donors (Lipinski definition) is 0. The van der Waals surface area contributed by atoms with E-state index in [0.29, 0.717) is 18.9 Å². The second kappa shape index (κ2) is 7.31. The van der Waals surface area contributed by atoms with Crippen molar-refractivity contribution in [1.82, 2.24) is 0 Å². The first kappa shape index (κ1) is 18.8. The molecule has 0 unspecified atom stereocenters. The summed E-state index contributed by atoms with van der Waals surface area (Å²) in [7, 11) is -3.69. The summed E-state index contributed by atoms with van der Waals surface area (Å²) in [5, 5.41) is 0. The maximum atomic E-state index is 13.6. The van der Waals surface area contributed by atoms with Crippen LogP contribution in [0.2, 0.25) is 0 Å². The zero-order valence-electron chi connectivity index (χ0n) is 16.0. The summed E-state index contributed by atoms with van der Waals surface area (Å²) in [5.41, 5.74) is 3.96. The van der Waals surface area contributed by atoms with Gasteiger partial charge in [0, 0.05) is 6.54 Å². The fourth-order valence-electron chi connectivity index (χ4n) is 3.64. The van der Waals surface area contributed by atoms with Crippen LogP contribution >= 0.6 is 0 Å². The van der Waals surface area contributed by atoms with E-state index in [4.69, 9.17) is 4.74 Å². The second-order valence-electron chi connectivity index (χ2n) is 7.05. The number of aryl methyl sites for hydroxylation is 2. The number of para-hydroxylation sites is 1. The molecule has 3 rings (SSSR count). The molecule has 2 aromatic rings. The zero-order valence-corrected chi connectivity index (χ0v) is 16.8. The number of ether oxygens (including phenoxy) is 1. The van der Waals surface area contributed by atoms with Gasteiger partial charge in [-0.2, -0.15) is 0 Å². The topological polar surface area (TPSA) is 46.6 Å². The molecular formula is C21H27NO3S. The Labute approximate surface area is 156 Å². The summed E-state index contributed by atoms with van der Waals surface area (Å²) in [6.45, 7) is 8.96. The lowest BCUT2D eigenvalue weighted by Gasteiger charge is -2.31. The van der Waals surface area contributed by atoms with Crippen molar-refractivity contribution in [3.63, 3.8) is 0 Å². The first-order valence-corrected chi connectivity index (χ1v) is 10.7. The van der Waals surface area contributed by atoms with Crippen molar-refractivity contribution in [1.29, 1.82) is 0 Å². The van der Waals surface area contributed by atoms with Crippen LogP contribution in [0.15, 0.2) is 41.3 Å². The van der Waals surface area contributed by atoms with Crippen LogP contribution in [0.5, 0.6) is 5.75 Å². The molecule has 140 valence electrons. The largest absolute Gasteiger partial charge is 0.492 e. The Morgan fingerprint density at radius 1 is 1.19 bits per heavy atom. The molecule has 0 N–H and O–H groups in total. The molecular weight excluding hydrogens is 346 g/mol. The van der Waals surface area contributed by atoms with E-state index < -0.39 is 10.0 Å². The van der Waals surface area contributed by atoms with Gasteiger partial charge in [0.15, 0.2) is 0 Å². The monoisotopic (exact) mass is 373 g/mol. The van der Waals surface area contributed by atoms with Crippen molar-refractivity contribution in [3.8, 4) is 5.75 Å². The van der Waals surface area contributed by atoms with E-state index in [-0.39, 0.29) is 10.8 Å². The van der Waals surface area contributed by atoms with Crippen molar-refractivity contribution in [2.75, 3.05) is 17.5 Å². The van der Waals surface area contributed by atoms with Gasteiger partial charge in [-0.25, -0.2) is 8.42 Å². The quantitative estimate of drug-likeness (QED) is 0.766. The van der Waals surface area contributed by atoms with Gasteiger partial charge in [-0.3, -0.25) is 4.31 Å². The molecule has 0 saturated heterocycles. The highest BCUT2D eigenvalue weighted by atomic mass is 32.2. The molecule has 5 heteroatoms. The highest BCUT2D eigenvalue weighted by molar-refractivity contribution is 7.93. The number of fused-ring (bicyclic) bond motifs is 1. The molecule has 0 aromatic heterocycles. The molecule has 1 aliphatic rings. The SMILES string of the molecule is CCOc1cc(C)c(C(C)C)cc1S(=O)(=O)N1CCCc2ccccc21. The highest BCUT2D eigenvalue weighted by Crippen LogP contribution is 2.37. The highest BCUT2D eigenvalue weighted by Gasteiger charge is 2.32. The van der Waals surface area contributed by atoms with Crippen LogP contribution in [-0.2, 0) is 16.4 Å². The lowest BCUT2D eigenvalue weighted by molar-refractivity contribution is 0.330. The molecule has 2 aromatic carbocycles. The van der Waals surface area contributed by atoms with E-state index in [1.807, 2.05) is 44.2 Å². The Kier molecular flexibility index (Phi) is 5.28. The molecule has 1 heterocycles. The summed E-state index contributed by atoms with van der Waals surface area (Å²) in [6, 6.07) is 11.4. The summed E-state index contributed by atoms with van der Waals surface area (Å²) < 4.78 is 34.4. The molecule has 26 heavy (non-hydrogen) atoms. The lowest BCUT2D eigenvalue weighted by Crippen LogP contribution is -2.35. The predicted octanol–water partition coefficient (Wildman–Crippen LogP) is 4.66. The Morgan fingerprint density at radius 2 is 1.92 bits per heavy atom. The molecule has 0 fully saturated rings. The van der Waals surface area contributed by atoms with Crippen LogP contribution in [0.4, 0.5) is 5.69 Å². The van der Waals surface area contributed by atoms with Gasteiger partial charge in [-0.15, -0.1) is 0 Å². The van der Waals surface area contributed by atoms with Crippen LogP contribution < -0.4 is 9.04 Å². The molecule has 0 spiro atoms. The smallest absolute Gasteiger partial charge is 0.268 e. The second-order valence-corrected chi connectivity index (χ2v) is 8.88. The average Bonchev–Trinajstić information content (AvgIpc) is 2.61. The minimum absolute atomic E-state index is 0.244. The van der Waals surface area contributed by atoms with Crippen molar-refractivity contribution < 1.29 is 13.2 Å². The van der Waals surface area contributed by atoms with E-state index in [9.17, 15) is 8.42 Å².